The maximum atomic E-state index is 12.2. The smallest absolute Gasteiger partial charge is 0.220 e. The Morgan fingerprint density at radius 1 is 1.19 bits per heavy atom. The summed E-state index contributed by atoms with van der Waals surface area (Å²) in [6, 6.07) is 3.89. The molecular weight excluding hydrogens is 340 g/mol. The molecule has 0 saturated heterocycles. The van der Waals surface area contributed by atoms with Gasteiger partial charge in [-0.25, -0.2) is 0 Å². The van der Waals surface area contributed by atoms with Crippen molar-refractivity contribution in [3.05, 3.63) is 29.6 Å². The fourth-order valence-electron chi connectivity index (χ4n) is 3.50. The normalized spacial score (nSPS) is 14.2. The van der Waals surface area contributed by atoms with Crippen LogP contribution in [-0.2, 0) is 11.2 Å². The van der Waals surface area contributed by atoms with E-state index in [2.05, 4.69) is 45.4 Å². The number of carbonyl (C=O) groups excluding carboxylic acids is 1. The van der Waals surface area contributed by atoms with Crippen molar-refractivity contribution in [1.82, 2.24) is 25.1 Å². The highest BCUT2D eigenvalue weighted by Gasteiger charge is 2.12. The largest absolute Gasteiger partial charge is 0.356 e. The molecule has 0 spiro atoms. The minimum atomic E-state index is 0.0584. The van der Waals surface area contributed by atoms with Gasteiger partial charge in [-0.15, -0.1) is 15.3 Å². The standard InChI is InChI=1S/C20H30N6O/c1-3-25(4-2)19-11-10-17-22-23-18(26(17)24-19)12-13-20(27)21-15-14-16-8-6-5-7-9-16/h8,10-11H,3-7,9,12-15H2,1-2H3,(H,21,27). The highest BCUT2D eigenvalue weighted by molar-refractivity contribution is 5.76. The Bertz CT molecular complexity index is 793. The lowest BCUT2D eigenvalue weighted by Gasteiger charge is -2.19. The highest BCUT2D eigenvalue weighted by Crippen LogP contribution is 2.19. The van der Waals surface area contributed by atoms with Gasteiger partial charge in [0.05, 0.1) is 0 Å². The van der Waals surface area contributed by atoms with Crippen LogP contribution in [0.3, 0.4) is 0 Å². The number of carbonyl (C=O) groups is 1. The summed E-state index contributed by atoms with van der Waals surface area (Å²) in [5.41, 5.74) is 2.20. The summed E-state index contributed by atoms with van der Waals surface area (Å²) in [6.45, 7) is 6.72. The monoisotopic (exact) mass is 370 g/mol. The number of aryl methyl sites for hydroxylation is 1. The fourth-order valence-corrected chi connectivity index (χ4v) is 3.50. The van der Waals surface area contributed by atoms with Crippen LogP contribution in [0.15, 0.2) is 23.8 Å². The third-order valence-corrected chi connectivity index (χ3v) is 5.13. The highest BCUT2D eigenvalue weighted by atomic mass is 16.1. The first-order valence-corrected chi connectivity index (χ1v) is 10.1. The maximum Gasteiger partial charge on any atom is 0.220 e. The van der Waals surface area contributed by atoms with Gasteiger partial charge in [-0.2, -0.15) is 4.52 Å². The van der Waals surface area contributed by atoms with Crippen molar-refractivity contribution in [1.29, 1.82) is 0 Å². The van der Waals surface area contributed by atoms with E-state index in [4.69, 9.17) is 0 Å². The summed E-state index contributed by atoms with van der Waals surface area (Å²) >= 11 is 0. The molecule has 0 aromatic carbocycles. The van der Waals surface area contributed by atoms with E-state index < -0.39 is 0 Å². The molecule has 7 heteroatoms. The number of nitrogens with zero attached hydrogens (tertiary/aromatic N) is 5. The number of anilines is 1. The zero-order chi connectivity index (χ0) is 19.1. The summed E-state index contributed by atoms with van der Waals surface area (Å²) < 4.78 is 1.76. The topological polar surface area (TPSA) is 75.4 Å². The van der Waals surface area contributed by atoms with Crippen LogP contribution in [0.5, 0.6) is 0 Å². The number of nitrogens with one attached hydrogen (secondary N) is 1. The number of aromatic nitrogens is 4. The van der Waals surface area contributed by atoms with Crippen LogP contribution in [0, 0.1) is 0 Å². The Hall–Kier alpha value is -2.44. The average Bonchev–Trinajstić information content (AvgIpc) is 3.11. The minimum Gasteiger partial charge on any atom is -0.356 e. The number of hydrogen-bond acceptors (Lipinski definition) is 5. The van der Waals surface area contributed by atoms with Gasteiger partial charge in [0, 0.05) is 32.5 Å². The van der Waals surface area contributed by atoms with Gasteiger partial charge in [-0.05, 0) is 58.1 Å². The molecule has 0 unspecified atom stereocenters. The van der Waals surface area contributed by atoms with Crippen molar-refractivity contribution in [2.45, 2.75) is 58.8 Å². The van der Waals surface area contributed by atoms with Gasteiger partial charge in [-0.1, -0.05) is 11.6 Å². The molecule has 146 valence electrons. The summed E-state index contributed by atoms with van der Waals surface area (Å²) in [6.07, 6.45) is 9.18. The molecular formula is C20H30N6O. The molecule has 0 aliphatic heterocycles. The third kappa shape index (κ3) is 5.05. The molecule has 0 saturated carbocycles. The lowest BCUT2D eigenvalue weighted by Crippen LogP contribution is -2.25. The second-order valence-corrected chi connectivity index (χ2v) is 6.96. The van der Waals surface area contributed by atoms with Gasteiger partial charge in [0.1, 0.15) is 5.82 Å². The van der Waals surface area contributed by atoms with Crippen molar-refractivity contribution in [3.8, 4) is 0 Å². The lowest BCUT2D eigenvalue weighted by atomic mass is 9.97. The number of fused-ring (bicyclic) bond motifs is 1. The van der Waals surface area contributed by atoms with Crippen LogP contribution in [-0.4, -0.2) is 45.4 Å². The second-order valence-electron chi connectivity index (χ2n) is 6.96. The second kappa shape index (κ2) is 9.48. The van der Waals surface area contributed by atoms with Crippen LogP contribution < -0.4 is 10.2 Å². The SMILES string of the molecule is CCN(CC)c1ccc2nnc(CCC(=O)NCCC3=CCCCC3)n2n1. The van der Waals surface area contributed by atoms with E-state index in [0.717, 1.165) is 37.7 Å². The third-order valence-electron chi connectivity index (χ3n) is 5.13. The minimum absolute atomic E-state index is 0.0584. The summed E-state index contributed by atoms with van der Waals surface area (Å²) in [7, 11) is 0. The van der Waals surface area contributed by atoms with Gasteiger partial charge in [-0.3, -0.25) is 4.79 Å². The molecule has 0 atom stereocenters. The Kier molecular flexibility index (Phi) is 6.79. The lowest BCUT2D eigenvalue weighted by molar-refractivity contribution is -0.121. The first kappa shape index (κ1) is 19.3. The van der Waals surface area contributed by atoms with Gasteiger partial charge < -0.3 is 10.2 Å². The van der Waals surface area contributed by atoms with Crippen LogP contribution >= 0.6 is 0 Å². The quantitative estimate of drug-likeness (QED) is 0.687. The van der Waals surface area contributed by atoms with Crippen LogP contribution in [0.4, 0.5) is 5.82 Å². The van der Waals surface area contributed by atoms with E-state index in [1.807, 2.05) is 12.1 Å². The fraction of sp³-hybridized carbons (Fsp3) is 0.600. The molecule has 0 radical (unpaired) electrons. The Morgan fingerprint density at radius 2 is 2.04 bits per heavy atom. The van der Waals surface area contributed by atoms with Crippen molar-refractivity contribution in [2.24, 2.45) is 0 Å². The van der Waals surface area contributed by atoms with Crippen LogP contribution in [0.2, 0.25) is 0 Å². The number of hydrogen-bond donors (Lipinski definition) is 1. The predicted molar refractivity (Wildman–Crippen MR) is 107 cm³/mol. The van der Waals surface area contributed by atoms with Crippen LogP contribution in [0.1, 0.15) is 58.2 Å². The van der Waals surface area contributed by atoms with Gasteiger partial charge >= 0.3 is 0 Å². The molecule has 1 N–H and O–H groups in total. The van der Waals surface area contributed by atoms with Crippen molar-refractivity contribution in [3.63, 3.8) is 0 Å². The first-order valence-electron chi connectivity index (χ1n) is 10.1. The average molecular weight is 371 g/mol. The molecule has 7 nitrogen and oxygen atoms in total. The molecule has 2 aromatic heterocycles. The van der Waals surface area contributed by atoms with E-state index in [0.29, 0.717) is 18.5 Å². The molecule has 1 aliphatic carbocycles. The zero-order valence-corrected chi connectivity index (χ0v) is 16.4. The Balaban J connectivity index is 1.53. The molecule has 1 amide bonds. The summed E-state index contributed by atoms with van der Waals surface area (Å²) in [5.74, 6) is 1.69. The van der Waals surface area contributed by atoms with E-state index in [1.54, 1.807) is 4.52 Å². The molecule has 0 bridgehead atoms. The molecule has 1 aliphatic rings. The van der Waals surface area contributed by atoms with E-state index in [1.165, 1.54) is 31.3 Å². The zero-order valence-electron chi connectivity index (χ0n) is 16.4. The molecule has 2 heterocycles. The van der Waals surface area contributed by atoms with Crippen molar-refractivity contribution >= 4 is 17.4 Å². The van der Waals surface area contributed by atoms with Gasteiger partial charge in [0.2, 0.25) is 5.91 Å². The van der Waals surface area contributed by atoms with Gasteiger partial charge in [0.15, 0.2) is 11.5 Å². The van der Waals surface area contributed by atoms with Crippen molar-refractivity contribution in [2.75, 3.05) is 24.5 Å². The van der Waals surface area contributed by atoms with Gasteiger partial charge in [0.25, 0.3) is 0 Å². The molecule has 27 heavy (non-hydrogen) atoms. The molecule has 2 aromatic rings. The number of rotatable bonds is 9. The number of allylic oxidation sites excluding steroid dienone is 1. The van der Waals surface area contributed by atoms with Crippen molar-refractivity contribution < 1.29 is 4.79 Å². The maximum absolute atomic E-state index is 12.2. The Morgan fingerprint density at radius 3 is 2.78 bits per heavy atom. The number of amides is 1. The molecule has 3 rings (SSSR count). The van der Waals surface area contributed by atoms with E-state index in [9.17, 15) is 4.79 Å². The van der Waals surface area contributed by atoms with Crippen LogP contribution in [0.25, 0.3) is 5.65 Å². The predicted octanol–water partition coefficient (Wildman–Crippen LogP) is 2.91. The molecule has 0 fully saturated rings. The van der Waals surface area contributed by atoms with E-state index >= 15 is 0 Å². The van der Waals surface area contributed by atoms with E-state index in [-0.39, 0.29) is 5.91 Å². The Labute approximate surface area is 160 Å². The summed E-state index contributed by atoms with van der Waals surface area (Å²) in [5, 5.41) is 16.1. The first-order chi connectivity index (χ1) is 13.2. The summed E-state index contributed by atoms with van der Waals surface area (Å²) in [4.78, 5) is 14.3.